The number of amides is 4. The van der Waals surface area contributed by atoms with Crippen molar-refractivity contribution in [2.45, 2.75) is 113 Å². The number of pyridine rings is 1. The first-order chi connectivity index (χ1) is 27.0. The molecule has 2 aliphatic carbocycles. The van der Waals surface area contributed by atoms with Crippen LogP contribution in [0.15, 0.2) is 42.6 Å². The Kier molecular flexibility index (Phi) is 10.8. The lowest BCUT2D eigenvalue weighted by Gasteiger charge is -2.30. The van der Waals surface area contributed by atoms with Gasteiger partial charge >= 0.3 is 0 Å². The lowest BCUT2D eigenvalue weighted by atomic mass is 10.0. The Morgan fingerprint density at radius 3 is 2.58 bits per heavy atom. The van der Waals surface area contributed by atoms with Gasteiger partial charge in [0.1, 0.15) is 40.7 Å². The van der Waals surface area contributed by atoms with Crippen molar-refractivity contribution in [3.05, 3.63) is 59.9 Å². The Labute approximate surface area is 329 Å². The molecule has 2 aliphatic heterocycles. The fraction of sp³-hybridized carbons (Fsp3) is 0.538. The number of allylic oxidation sites excluding steroid dienone is 1. The molecular formula is C39H47F2N7O8S. The van der Waals surface area contributed by atoms with Gasteiger partial charge in [-0.25, -0.2) is 22.2 Å². The lowest BCUT2D eigenvalue weighted by molar-refractivity contribution is -0.141. The Morgan fingerprint density at radius 1 is 1.11 bits per heavy atom. The van der Waals surface area contributed by atoms with Crippen molar-refractivity contribution in [3.63, 3.8) is 0 Å². The molecule has 2 saturated carbocycles. The normalized spacial score (nSPS) is 26.7. The summed E-state index contributed by atoms with van der Waals surface area (Å²) in [5.41, 5.74) is -1.84. The number of hydrogen-bond donors (Lipinski definition) is 3. The van der Waals surface area contributed by atoms with E-state index in [0.29, 0.717) is 32.1 Å². The number of halogens is 2. The number of carbonyl (C=O) groups is 4. The molecule has 7 rings (SSSR count). The maximum atomic E-state index is 15.1. The van der Waals surface area contributed by atoms with E-state index in [-0.39, 0.29) is 60.1 Å². The van der Waals surface area contributed by atoms with Crippen LogP contribution in [0.3, 0.4) is 0 Å². The molecular weight excluding hydrogens is 765 g/mol. The van der Waals surface area contributed by atoms with Crippen molar-refractivity contribution in [2.24, 2.45) is 13.0 Å². The number of nitrogens with zero attached hydrogens (tertiary/aromatic N) is 4. The van der Waals surface area contributed by atoms with Crippen LogP contribution in [0.2, 0.25) is 0 Å². The fourth-order valence-electron chi connectivity index (χ4n) is 7.47. The van der Waals surface area contributed by atoms with Gasteiger partial charge in [0, 0.05) is 37.0 Å². The van der Waals surface area contributed by atoms with Gasteiger partial charge in [0.15, 0.2) is 11.6 Å². The van der Waals surface area contributed by atoms with E-state index >= 15 is 4.39 Å². The van der Waals surface area contributed by atoms with E-state index in [9.17, 15) is 32.0 Å². The van der Waals surface area contributed by atoms with Gasteiger partial charge in [-0.1, -0.05) is 25.0 Å². The van der Waals surface area contributed by atoms with E-state index in [2.05, 4.69) is 25.4 Å². The average molecular weight is 812 g/mol. The molecule has 18 heteroatoms. The van der Waals surface area contributed by atoms with E-state index in [4.69, 9.17) is 9.47 Å². The van der Waals surface area contributed by atoms with Crippen molar-refractivity contribution < 1.29 is 45.9 Å². The molecule has 1 saturated heterocycles. The van der Waals surface area contributed by atoms with Gasteiger partial charge in [-0.2, -0.15) is 5.10 Å². The van der Waals surface area contributed by atoms with Crippen molar-refractivity contribution >= 4 is 44.6 Å². The number of hydrogen-bond acceptors (Lipinski definition) is 10. The molecule has 4 heterocycles. The number of benzene rings is 1. The van der Waals surface area contributed by atoms with Crippen molar-refractivity contribution in [3.8, 4) is 11.6 Å². The summed E-state index contributed by atoms with van der Waals surface area (Å²) in [6.45, 7) is 4.85. The molecule has 0 unspecified atom stereocenters. The van der Waals surface area contributed by atoms with Crippen LogP contribution in [0, 0.1) is 17.6 Å². The highest BCUT2D eigenvalue weighted by Gasteiger charge is 2.63. The SMILES string of the molecule is CC(C)Oc1cc(O[C@@H]2C[C@H]3C(=O)N[C@]4(C(=O)NS(=O)(=O)C5(C)CC5)C[C@H]4/C=C\CCCCC[C@H](NC(=O)c4ccn(C)n4)C(=O)N3C2)c2ccc(F)c(F)c2n1. The maximum Gasteiger partial charge on any atom is 0.272 e. The predicted molar refractivity (Wildman–Crippen MR) is 202 cm³/mol. The molecule has 1 aromatic carbocycles. The van der Waals surface area contributed by atoms with Crippen molar-refractivity contribution in [1.29, 1.82) is 0 Å². The number of nitrogens with one attached hydrogen (secondary N) is 3. The topological polar surface area (TPSA) is 191 Å². The molecule has 5 atom stereocenters. The smallest absolute Gasteiger partial charge is 0.272 e. The summed E-state index contributed by atoms with van der Waals surface area (Å²) in [6, 6.07) is 2.87. The molecule has 57 heavy (non-hydrogen) atoms. The van der Waals surface area contributed by atoms with E-state index in [1.54, 1.807) is 34.0 Å². The highest BCUT2D eigenvalue weighted by molar-refractivity contribution is 7.91. The second-order valence-corrected chi connectivity index (χ2v) is 18.2. The minimum atomic E-state index is -4.05. The zero-order valence-corrected chi connectivity index (χ0v) is 33.0. The monoisotopic (exact) mass is 811 g/mol. The third-order valence-corrected chi connectivity index (χ3v) is 13.3. The molecule has 0 spiro atoms. The van der Waals surface area contributed by atoms with Gasteiger partial charge in [-0.15, -0.1) is 0 Å². The number of fused-ring (bicyclic) bond motifs is 3. The van der Waals surface area contributed by atoms with Gasteiger partial charge in [-0.3, -0.25) is 28.6 Å². The molecule has 306 valence electrons. The summed E-state index contributed by atoms with van der Waals surface area (Å²) >= 11 is 0. The first-order valence-corrected chi connectivity index (χ1v) is 20.8. The summed E-state index contributed by atoms with van der Waals surface area (Å²) in [6.07, 6.45) is 7.77. The van der Waals surface area contributed by atoms with E-state index in [1.165, 1.54) is 27.8 Å². The highest BCUT2D eigenvalue weighted by atomic mass is 32.2. The van der Waals surface area contributed by atoms with Crippen LogP contribution >= 0.6 is 0 Å². The molecule has 0 radical (unpaired) electrons. The van der Waals surface area contributed by atoms with E-state index < -0.39 is 79.7 Å². The van der Waals surface area contributed by atoms with Crippen molar-refractivity contribution in [2.75, 3.05) is 6.54 Å². The number of ether oxygens (including phenoxy) is 2. The van der Waals surface area contributed by atoms with Crippen LogP contribution in [0.4, 0.5) is 8.78 Å². The number of sulfonamides is 1. The number of aromatic nitrogens is 3. The Bertz CT molecular complexity index is 2240. The first kappa shape index (κ1) is 40.1. The van der Waals surface area contributed by atoms with E-state index in [1.807, 2.05) is 12.2 Å². The molecule has 3 fully saturated rings. The fourth-order valence-corrected chi connectivity index (χ4v) is 8.79. The number of rotatable bonds is 9. The van der Waals surface area contributed by atoms with Crippen LogP contribution in [-0.2, 0) is 31.5 Å². The third kappa shape index (κ3) is 8.18. The van der Waals surface area contributed by atoms with Gasteiger partial charge in [0.25, 0.3) is 11.8 Å². The molecule has 15 nitrogen and oxygen atoms in total. The zero-order chi connectivity index (χ0) is 40.9. The van der Waals surface area contributed by atoms with Gasteiger partial charge in [-0.05, 0) is 77.5 Å². The molecule has 3 aromatic rings. The lowest BCUT2D eigenvalue weighted by Crippen LogP contribution is -2.58. The summed E-state index contributed by atoms with van der Waals surface area (Å²) in [4.78, 5) is 61.8. The van der Waals surface area contributed by atoms with Gasteiger partial charge < -0.3 is 25.0 Å². The quantitative estimate of drug-likeness (QED) is 0.270. The van der Waals surface area contributed by atoms with E-state index in [0.717, 1.165) is 12.5 Å². The molecule has 0 bridgehead atoms. The number of carbonyl (C=O) groups excluding carboxylic acids is 4. The summed E-state index contributed by atoms with van der Waals surface area (Å²) in [7, 11) is -2.39. The third-order valence-electron chi connectivity index (χ3n) is 11.2. The summed E-state index contributed by atoms with van der Waals surface area (Å²) < 4.78 is 70.5. The number of aryl methyl sites for hydroxylation is 1. The Balaban J connectivity index is 1.23. The van der Waals surface area contributed by atoms with Gasteiger partial charge in [0.2, 0.25) is 27.7 Å². The van der Waals surface area contributed by atoms with Crippen molar-refractivity contribution in [1.82, 2.24) is 35.0 Å². The van der Waals surface area contributed by atoms with Crippen LogP contribution in [0.1, 0.15) is 89.0 Å². The summed E-state index contributed by atoms with van der Waals surface area (Å²) in [5.74, 6) is -5.55. The van der Waals surface area contributed by atoms with Gasteiger partial charge in [0.05, 0.1) is 17.4 Å². The standard InChI is InChI=1S/C39H47F2N7O8S/c1-22(2)55-31-19-30(25-12-13-26(40)32(41)33(25)43-31)56-24-18-29-35(50)44-39(37(52)46-57(53,54)38(3)15-16-38)20-23(39)10-8-6-5-7-9-11-28(36(51)48(29)21-24)42-34(49)27-14-17-47(4)45-27/h8,10,12-14,17,19,22-24,28-29H,5-7,9,11,15-16,18,20-21H2,1-4H3,(H,42,49)(H,44,50)(H,46,52)/b10-8-/t23-,24-,28+,29+,39-/m1/s1. The second-order valence-electron chi connectivity index (χ2n) is 16.0. The molecule has 4 aliphatic rings. The molecule has 3 N–H and O–H groups in total. The second kappa shape index (κ2) is 15.3. The Hall–Kier alpha value is -5.13. The molecule has 2 aromatic heterocycles. The largest absolute Gasteiger partial charge is 0.488 e. The highest BCUT2D eigenvalue weighted by Crippen LogP contribution is 2.47. The van der Waals surface area contributed by atoms with Crippen LogP contribution in [-0.4, -0.2) is 92.8 Å². The first-order valence-electron chi connectivity index (χ1n) is 19.3. The Morgan fingerprint density at radius 2 is 1.88 bits per heavy atom. The summed E-state index contributed by atoms with van der Waals surface area (Å²) in [5, 5.41) is 9.92. The maximum absolute atomic E-state index is 15.1. The minimum absolute atomic E-state index is 0.0354. The van der Waals surface area contributed by atoms with Crippen LogP contribution in [0.25, 0.3) is 10.9 Å². The van der Waals surface area contributed by atoms with Crippen LogP contribution < -0.4 is 24.8 Å². The zero-order valence-electron chi connectivity index (χ0n) is 32.2. The van der Waals surface area contributed by atoms with Crippen LogP contribution in [0.5, 0.6) is 11.6 Å². The molecule has 4 amide bonds. The average Bonchev–Trinajstić information content (AvgIpc) is 3.95. The minimum Gasteiger partial charge on any atom is -0.488 e. The predicted octanol–water partition coefficient (Wildman–Crippen LogP) is 3.57.